The van der Waals surface area contributed by atoms with E-state index in [1.165, 1.54) is 0 Å². The molecule has 17 heavy (non-hydrogen) atoms. The van der Waals surface area contributed by atoms with Crippen molar-refractivity contribution in [1.29, 1.82) is 0 Å². The second-order valence-electron chi connectivity index (χ2n) is 4.07. The molecular weight excluding hydrogens is 214 g/mol. The molecule has 0 unspecified atom stereocenters. The zero-order valence-electron chi connectivity index (χ0n) is 10.4. The second-order valence-corrected chi connectivity index (χ2v) is 4.07. The van der Waals surface area contributed by atoms with E-state index >= 15 is 0 Å². The smallest absolute Gasteiger partial charge is 0.251 e. The van der Waals surface area contributed by atoms with Gasteiger partial charge in [0.15, 0.2) is 0 Å². The lowest BCUT2D eigenvalue weighted by atomic mass is 10.0. The molecule has 0 radical (unpaired) electrons. The molecule has 1 rings (SSSR count). The average Bonchev–Trinajstić information content (AvgIpc) is 2.26. The van der Waals surface area contributed by atoms with Crippen molar-refractivity contribution in [2.24, 2.45) is 0 Å². The van der Waals surface area contributed by atoms with Crippen molar-refractivity contribution in [2.45, 2.75) is 26.8 Å². The monoisotopic (exact) mass is 231 g/mol. The van der Waals surface area contributed by atoms with Crippen molar-refractivity contribution in [3.63, 3.8) is 0 Å². The van der Waals surface area contributed by atoms with Crippen molar-refractivity contribution in [1.82, 2.24) is 5.32 Å². The summed E-state index contributed by atoms with van der Waals surface area (Å²) in [5, 5.41) is 11.5. The Labute approximate surface area is 102 Å². The van der Waals surface area contributed by atoms with Crippen LogP contribution in [-0.4, -0.2) is 23.7 Å². The van der Waals surface area contributed by atoms with Crippen LogP contribution in [0.15, 0.2) is 18.2 Å². The number of amides is 1. The molecule has 1 aromatic rings. The van der Waals surface area contributed by atoms with Crippen LogP contribution in [0.1, 0.15) is 35.3 Å². The summed E-state index contributed by atoms with van der Waals surface area (Å²) >= 11 is 0. The van der Waals surface area contributed by atoms with Crippen molar-refractivity contribution in [3.05, 3.63) is 34.9 Å². The van der Waals surface area contributed by atoms with Crippen LogP contribution in [0.4, 0.5) is 0 Å². The molecular formula is C14H17NO2. The Morgan fingerprint density at radius 1 is 1.47 bits per heavy atom. The number of carbonyl (C=O) groups is 1. The Morgan fingerprint density at radius 3 is 2.76 bits per heavy atom. The van der Waals surface area contributed by atoms with E-state index < -0.39 is 0 Å². The molecule has 0 spiro atoms. The number of nitrogens with one attached hydrogen (secondary N) is 1. The van der Waals surface area contributed by atoms with Gasteiger partial charge in [-0.2, -0.15) is 0 Å². The summed E-state index contributed by atoms with van der Waals surface area (Å²) in [7, 11) is 0. The van der Waals surface area contributed by atoms with Crippen molar-refractivity contribution in [2.75, 3.05) is 6.61 Å². The average molecular weight is 231 g/mol. The number of rotatable bonds is 2. The Bertz CT molecular complexity index is 467. The van der Waals surface area contributed by atoms with Gasteiger partial charge in [0, 0.05) is 17.2 Å². The van der Waals surface area contributed by atoms with Gasteiger partial charge >= 0.3 is 0 Å². The molecule has 0 atom stereocenters. The van der Waals surface area contributed by atoms with Crippen LogP contribution in [0, 0.1) is 18.8 Å². The van der Waals surface area contributed by atoms with Gasteiger partial charge in [0.05, 0.1) is 0 Å². The first kappa shape index (κ1) is 13.3. The van der Waals surface area contributed by atoms with Gasteiger partial charge in [-0.15, -0.1) is 0 Å². The molecule has 0 aliphatic heterocycles. The summed E-state index contributed by atoms with van der Waals surface area (Å²) in [5.74, 6) is 5.32. The lowest BCUT2D eigenvalue weighted by molar-refractivity contribution is 0.0942. The van der Waals surface area contributed by atoms with E-state index in [2.05, 4.69) is 17.2 Å². The third-order valence-electron chi connectivity index (χ3n) is 2.30. The minimum atomic E-state index is -0.179. The summed E-state index contributed by atoms with van der Waals surface area (Å²) in [6.45, 7) is 5.52. The van der Waals surface area contributed by atoms with E-state index in [0.29, 0.717) is 5.56 Å². The highest BCUT2D eigenvalue weighted by Gasteiger charge is 2.11. The molecule has 2 N–H and O–H groups in total. The number of benzene rings is 1. The van der Waals surface area contributed by atoms with Crippen LogP contribution in [0.2, 0.25) is 0 Å². The molecule has 3 nitrogen and oxygen atoms in total. The van der Waals surface area contributed by atoms with Gasteiger partial charge in [-0.1, -0.05) is 17.9 Å². The fourth-order valence-electron chi connectivity index (χ4n) is 1.49. The van der Waals surface area contributed by atoms with Crippen LogP contribution < -0.4 is 5.32 Å². The lowest BCUT2D eigenvalue weighted by Crippen LogP contribution is -2.30. The minimum absolute atomic E-state index is 0.0925. The SMILES string of the molecule is Cc1c(C#CCO)cccc1C(=O)NC(C)C. The molecule has 0 aromatic heterocycles. The number of hydrogen-bond donors (Lipinski definition) is 2. The van der Waals surface area contributed by atoms with E-state index in [1.807, 2.05) is 26.8 Å². The molecule has 90 valence electrons. The predicted molar refractivity (Wildman–Crippen MR) is 67.7 cm³/mol. The first-order chi connectivity index (χ1) is 8.06. The van der Waals surface area contributed by atoms with Gasteiger partial charge in [0.1, 0.15) is 6.61 Å². The Morgan fingerprint density at radius 2 is 2.18 bits per heavy atom. The lowest BCUT2D eigenvalue weighted by Gasteiger charge is -2.11. The molecule has 0 aliphatic rings. The first-order valence-corrected chi connectivity index (χ1v) is 5.56. The zero-order valence-corrected chi connectivity index (χ0v) is 10.4. The molecule has 0 fully saturated rings. The zero-order chi connectivity index (χ0) is 12.8. The summed E-state index contributed by atoms with van der Waals surface area (Å²) in [6.07, 6.45) is 0. The van der Waals surface area contributed by atoms with Gasteiger partial charge in [-0.25, -0.2) is 0 Å². The number of aliphatic hydroxyl groups is 1. The van der Waals surface area contributed by atoms with E-state index in [0.717, 1.165) is 11.1 Å². The number of aliphatic hydroxyl groups excluding tert-OH is 1. The first-order valence-electron chi connectivity index (χ1n) is 5.56. The molecule has 0 saturated carbocycles. The van der Waals surface area contributed by atoms with E-state index in [1.54, 1.807) is 12.1 Å². The van der Waals surface area contributed by atoms with E-state index in [9.17, 15) is 4.79 Å². The van der Waals surface area contributed by atoms with Gasteiger partial charge in [0.2, 0.25) is 0 Å². The predicted octanol–water partition coefficient (Wildman–Crippen LogP) is 1.48. The summed E-state index contributed by atoms with van der Waals surface area (Å²) in [5.41, 5.74) is 2.24. The van der Waals surface area contributed by atoms with Crippen molar-refractivity contribution in [3.8, 4) is 11.8 Å². The molecule has 1 amide bonds. The Hall–Kier alpha value is -1.79. The maximum Gasteiger partial charge on any atom is 0.251 e. The topological polar surface area (TPSA) is 49.3 Å². The second kappa shape index (κ2) is 6.07. The Balaban J connectivity index is 3.06. The third kappa shape index (κ3) is 3.61. The molecule has 1 aromatic carbocycles. The van der Waals surface area contributed by atoms with Crippen LogP contribution in [0.25, 0.3) is 0 Å². The van der Waals surface area contributed by atoms with Crippen LogP contribution in [-0.2, 0) is 0 Å². The van der Waals surface area contributed by atoms with Crippen molar-refractivity contribution >= 4 is 5.91 Å². The van der Waals surface area contributed by atoms with Crippen LogP contribution in [0.3, 0.4) is 0 Å². The maximum atomic E-state index is 11.9. The molecule has 0 aliphatic carbocycles. The molecule has 0 saturated heterocycles. The standard InChI is InChI=1S/C14H17NO2/c1-10(2)15-14(17)13-8-4-6-12(11(13)3)7-5-9-16/h4,6,8,10,16H,9H2,1-3H3,(H,15,17). The third-order valence-corrected chi connectivity index (χ3v) is 2.30. The van der Waals surface area contributed by atoms with Crippen molar-refractivity contribution < 1.29 is 9.90 Å². The summed E-state index contributed by atoms with van der Waals surface area (Å²) < 4.78 is 0. The Kier molecular flexibility index (Phi) is 4.74. The highest BCUT2D eigenvalue weighted by atomic mass is 16.2. The van der Waals surface area contributed by atoms with Gasteiger partial charge in [-0.3, -0.25) is 4.79 Å². The highest BCUT2D eigenvalue weighted by Crippen LogP contribution is 2.13. The van der Waals surface area contributed by atoms with Crippen LogP contribution in [0.5, 0.6) is 0 Å². The fourth-order valence-corrected chi connectivity index (χ4v) is 1.49. The largest absolute Gasteiger partial charge is 0.384 e. The van der Waals surface area contributed by atoms with E-state index in [-0.39, 0.29) is 18.6 Å². The maximum absolute atomic E-state index is 11.9. The summed E-state index contributed by atoms with van der Waals surface area (Å²) in [4.78, 5) is 11.9. The quantitative estimate of drug-likeness (QED) is 0.757. The molecule has 0 heterocycles. The minimum Gasteiger partial charge on any atom is -0.384 e. The normalized spacial score (nSPS) is 9.71. The van der Waals surface area contributed by atoms with Gasteiger partial charge in [-0.05, 0) is 38.5 Å². The van der Waals surface area contributed by atoms with Gasteiger partial charge in [0.25, 0.3) is 5.91 Å². The summed E-state index contributed by atoms with van der Waals surface area (Å²) in [6, 6.07) is 5.51. The van der Waals surface area contributed by atoms with E-state index in [4.69, 9.17) is 5.11 Å². The molecule has 3 heteroatoms. The molecule has 0 bridgehead atoms. The van der Waals surface area contributed by atoms with Crippen LogP contribution >= 0.6 is 0 Å². The number of hydrogen-bond acceptors (Lipinski definition) is 2. The van der Waals surface area contributed by atoms with Gasteiger partial charge < -0.3 is 10.4 Å². The number of carbonyl (C=O) groups excluding carboxylic acids is 1. The fraction of sp³-hybridized carbons (Fsp3) is 0.357. The highest BCUT2D eigenvalue weighted by molar-refractivity contribution is 5.96.